The smallest absolute Gasteiger partial charge is 0.253 e. The van der Waals surface area contributed by atoms with E-state index in [1.54, 1.807) is 6.07 Å². The van der Waals surface area contributed by atoms with Crippen LogP contribution in [0.15, 0.2) is 35.1 Å². The lowest BCUT2D eigenvalue weighted by Crippen LogP contribution is -2.46. The Morgan fingerprint density at radius 1 is 1.16 bits per heavy atom. The maximum atomic E-state index is 12.6. The van der Waals surface area contributed by atoms with Gasteiger partial charge in [0.2, 0.25) is 0 Å². The van der Waals surface area contributed by atoms with Crippen molar-refractivity contribution in [2.75, 3.05) is 42.9 Å². The van der Waals surface area contributed by atoms with Gasteiger partial charge >= 0.3 is 0 Å². The van der Waals surface area contributed by atoms with Crippen LogP contribution >= 0.6 is 11.6 Å². The molecular formula is C24H28ClN5O2. The SMILES string of the molecule is C=O.Cc1cc(CN2CCN(c3cccc(Cl)n3)CC2)cc2[nH]c(=O)c3c(c12)NCCC3. The summed E-state index contributed by atoms with van der Waals surface area (Å²) in [5, 5.41) is 5.15. The number of hydrogen-bond donors (Lipinski definition) is 2. The molecule has 2 N–H and O–H groups in total. The third-order valence-corrected chi connectivity index (χ3v) is 6.39. The van der Waals surface area contributed by atoms with Crippen LogP contribution < -0.4 is 15.8 Å². The first-order chi connectivity index (χ1) is 15.6. The van der Waals surface area contributed by atoms with E-state index >= 15 is 0 Å². The Bertz CT molecular complexity index is 1170. The van der Waals surface area contributed by atoms with E-state index in [2.05, 4.69) is 44.1 Å². The third kappa shape index (κ3) is 4.49. The van der Waals surface area contributed by atoms with Crippen LogP contribution in [0.5, 0.6) is 0 Å². The molecular weight excluding hydrogens is 426 g/mol. The molecule has 0 aliphatic carbocycles. The van der Waals surface area contributed by atoms with Gasteiger partial charge in [-0.15, -0.1) is 0 Å². The third-order valence-electron chi connectivity index (χ3n) is 6.18. The summed E-state index contributed by atoms with van der Waals surface area (Å²) in [6.07, 6.45) is 1.86. The van der Waals surface area contributed by atoms with Crippen molar-refractivity contribution in [1.82, 2.24) is 14.9 Å². The van der Waals surface area contributed by atoms with E-state index in [9.17, 15) is 4.79 Å². The number of aromatic amines is 1. The minimum atomic E-state index is 0.0453. The zero-order valence-electron chi connectivity index (χ0n) is 18.3. The highest BCUT2D eigenvalue weighted by molar-refractivity contribution is 6.29. The molecule has 1 saturated heterocycles. The molecule has 5 rings (SSSR count). The van der Waals surface area contributed by atoms with Crippen molar-refractivity contribution in [1.29, 1.82) is 0 Å². The van der Waals surface area contributed by atoms with Crippen molar-refractivity contribution in [3.63, 3.8) is 0 Å². The number of pyridine rings is 2. The predicted octanol–water partition coefficient (Wildman–Crippen LogP) is 3.38. The molecule has 0 saturated carbocycles. The lowest BCUT2D eigenvalue weighted by molar-refractivity contribution is -0.0979. The maximum absolute atomic E-state index is 12.6. The molecule has 3 aromatic rings. The summed E-state index contributed by atoms with van der Waals surface area (Å²) in [5.74, 6) is 0.943. The van der Waals surface area contributed by atoms with E-state index in [0.29, 0.717) is 5.15 Å². The van der Waals surface area contributed by atoms with Crippen LogP contribution in [0.25, 0.3) is 10.9 Å². The minimum Gasteiger partial charge on any atom is -0.384 e. The van der Waals surface area contributed by atoms with Gasteiger partial charge in [0.1, 0.15) is 17.8 Å². The van der Waals surface area contributed by atoms with Crippen LogP contribution in [0, 0.1) is 6.92 Å². The summed E-state index contributed by atoms with van der Waals surface area (Å²) in [4.78, 5) is 32.8. The van der Waals surface area contributed by atoms with Crippen LogP contribution in [0.1, 0.15) is 23.1 Å². The maximum Gasteiger partial charge on any atom is 0.253 e. The first-order valence-electron chi connectivity index (χ1n) is 10.9. The Morgan fingerprint density at radius 2 is 1.94 bits per heavy atom. The molecule has 4 heterocycles. The van der Waals surface area contributed by atoms with Crippen LogP contribution in [-0.4, -0.2) is 54.4 Å². The molecule has 2 aromatic heterocycles. The summed E-state index contributed by atoms with van der Waals surface area (Å²) < 4.78 is 0. The number of nitrogens with zero attached hydrogens (tertiary/aromatic N) is 3. The number of benzene rings is 1. The molecule has 0 atom stereocenters. The Morgan fingerprint density at radius 3 is 2.69 bits per heavy atom. The number of anilines is 2. The summed E-state index contributed by atoms with van der Waals surface area (Å²) in [5.41, 5.74) is 5.36. The number of piperazine rings is 1. The van der Waals surface area contributed by atoms with E-state index in [1.807, 2.05) is 18.9 Å². The van der Waals surface area contributed by atoms with Gasteiger partial charge in [-0.25, -0.2) is 4.98 Å². The van der Waals surface area contributed by atoms with Gasteiger partial charge in [-0.05, 0) is 49.1 Å². The van der Waals surface area contributed by atoms with Gasteiger partial charge in [-0.2, -0.15) is 0 Å². The molecule has 2 aliphatic heterocycles. The fourth-order valence-electron chi connectivity index (χ4n) is 4.72. The fourth-order valence-corrected chi connectivity index (χ4v) is 4.88. The Hall–Kier alpha value is -2.90. The molecule has 7 nitrogen and oxygen atoms in total. The number of fused-ring (bicyclic) bond motifs is 3. The number of aryl methyl sites for hydroxylation is 1. The number of aromatic nitrogens is 2. The molecule has 1 fully saturated rings. The molecule has 2 aliphatic rings. The number of carbonyl (C=O) groups is 1. The van der Waals surface area contributed by atoms with Crippen LogP contribution in [0.2, 0.25) is 5.15 Å². The molecule has 32 heavy (non-hydrogen) atoms. The van der Waals surface area contributed by atoms with E-state index in [0.717, 1.165) is 80.1 Å². The molecule has 8 heteroatoms. The standard InChI is InChI=1S/C23H26ClN5O.CH2O/c1-15-12-16(13-18-21(15)22-17(23(30)26-18)4-3-7-25-22)14-28-8-10-29(11-9-28)20-6-2-5-19(24)27-20;1-2/h2,5-6,12-13,25H,3-4,7-11,14H2,1H3,(H,26,30);1H2. The molecule has 0 radical (unpaired) electrons. The topological polar surface area (TPSA) is 81.3 Å². The molecule has 0 amide bonds. The van der Waals surface area contributed by atoms with Gasteiger partial charge in [0.25, 0.3) is 5.56 Å². The van der Waals surface area contributed by atoms with E-state index in [1.165, 1.54) is 11.1 Å². The number of nitrogens with one attached hydrogen (secondary N) is 2. The quantitative estimate of drug-likeness (QED) is 0.592. The van der Waals surface area contributed by atoms with Crippen molar-refractivity contribution >= 4 is 40.8 Å². The number of hydrogen-bond acceptors (Lipinski definition) is 6. The lowest BCUT2D eigenvalue weighted by Gasteiger charge is -2.35. The second-order valence-electron chi connectivity index (χ2n) is 8.25. The van der Waals surface area contributed by atoms with Crippen molar-refractivity contribution in [3.8, 4) is 0 Å². The summed E-state index contributed by atoms with van der Waals surface area (Å²) in [7, 11) is 0. The highest BCUT2D eigenvalue weighted by atomic mass is 35.5. The minimum absolute atomic E-state index is 0.0453. The second-order valence-corrected chi connectivity index (χ2v) is 8.64. The first-order valence-corrected chi connectivity index (χ1v) is 11.3. The van der Waals surface area contributed by atoms with Crippen molar-refractivity contribution < 1.29 is 4.79 Å². The number of H-pyrrole nitrogens is 1. The highest BCUT2D eigenvalue weighted by Gasteiger charge is 2.20. The largest absolute Gasteiger partial charge is 0.384 e. The van der Waals surface area contributed by atoms with Gasteiger partial charge in [-0.1, -0.05) is 23.7 Å². The average molecular weight is 454 g/mol. The summed E-state index contributed by atoms with van der Waals surface area (Å²) in [6, 6.07) is 10.2. The van der Waals surface area contributed by atoms with Gasteiger partial charge in [0, 0.05) is 50.2 Å². The zero-order valence-corrected chi connectivity index (χ0v) is 19.0. The van der Waals surface area contributed by atoms with Crippen molar-refractivity contribution in [3.05, 3.63) is 62.5 Å². The summed E-state index contributed by atoms with van der Waals surface area (Å²) in [6.45, 7) is 9.73. The molecule has 0 unspecified atom stereocenters. The molecule has 0 spiro atoms. The number of halogens is 1. The van der Waals surface area contributed by atoms with Crippen molar-refractivity contribution in [2.24, 2.45) is 0 Å². The molecule has 0 bridgehead atoms. The van der Waals surface area contributed by atoms with E-state index < -0.39 is 0 Å². The van der Waals surface area contributed by atoms with Crippen LogP contribution in [0.3, 0.4) is 0 Å². The second kappa shape index (κ2) is 9.71. The molecule has 1 aromatic carbocycles. The average Bonchev–Trinajstić information content (AvgIpc) is 2.81. The van der Waals surface area contributed by atoms with Crippen LogP contribution in [-0.2, 0) is 17.8 Å². The Labute approximate surface area is 192 Å². The van der Waals surface area contributed by atoms with Gasteiger partial charge < -0.3 is 20.0 Å². The lowest BCUT2D eigenvalue weighted by atomic mass is 9.97. The normalized spacial score (nSPS) is 16.1. The van der Waals surface area contributed by atoms with Gasteiger partial charge in [0.05, 0.1) is 11.2 Å². The van der Waals surface area contributed by atoms with Crippen LogP contribution in [0.4, 0.5) is 11.5 Å². The number of rotatable bonds is 3. The van der Waals surface area contributed by atoms with E-state index in [4.69, 9.17) is 16.4 Å². The van der Waals surface area contributed by atoms with E-state index in [-0.39, 0.29) is 5.56 Å². The monoisotopic (exact) mass is 453 g/mol. The Kier molecular flexibility index (Phi) is 6.77. The summed E-state index contributed by atoms with van der Waals surface area (Å²) >= 11 is 6.04. The van der Waals surface area contributed by atoms with Crippen molar-refractivity contribution in [2.45, 2.75) is 26.3 Å². The number of carbonyl (C=O) groups excluding carboxylic acids is 1. The highest BCUT2D eigenvalue weighted by Crippen LogP contribution is 2.31. The molecule has 168 valence electrons. The predicted molar refractivity (Wildman–Crippen MR) is 130 cm³/mol. The Balaban J connectivity index is 0.00000119. The van der Waals surface area contributed by atoms with Gasteiger partial charge in [0.15, 0.2) is 0 Å². The van der Waals surface area contributed by atoms with Gasteiger partial charge in [-0.3, -0.25) is 9.69 Å². The zero-order chi connectivity index (χ0) is 22.7. The first kappa shape index (κ1) is 22.3. The fraction of sp³-hybridized carbons (Fsp3) is 0.375.